The quantitative estimate of drug-likeness (QED) is 0.250. The number of Topliss-reactive ketones (excluding diaryl/α,β-unsaturated/α-hetero) is 1. The lowest BCUT2D eigenvalue weighted by molar-refractivity contribution is -0.139. The third kappa shape index (κ3) is 4.56. The van der Waals surface area contributed by atoms with Crippen molar-refractivity contribution in [2.75, 3.05) is 19.5 Å². The van der Waals surface area contributed by atoms with Crippen molar-refractivity contribution in [1.82, 2.24) is 0 Å². The molecule has 0 aliphatic carbocycles. The van der Waals surface area contributed by atoms with Crippen LogP contribution in [0.1, 0.15) is 41.8 Å². The summed E-state index contributed by atoms with van der Waals surface area (Å²) >= 11 is 0. The summed E-state index contributed by atoms with van der Waals surface area (Å²) in [5.41, 5.74) is 8.09. The Labute approximate surface area is 135 Å². The van der Waals surface area contributed by atoms with Crippen LogP contribution < -0.4 is 10.5 Å². The Bertz CT molecular complexity index is 622. The Morgan fingerprint density at radius 1 is 1.30 bits per heavy atom. The minimum Gasteiger partial charge on any atom is -0.496 e. The summed E-state index contributed by atoms with van der Waals surface area (Å²) in [6.07, 6.45) is 1.02. The predicted octanol–water partition coefficient (Wildman–Crippen LogP) is 2.02. The maximum absolute atomic E-state index is 11.6. The van der Waals surface area contributed by atoms with Crippen molar-refractivity contribution in [3.8, 4) is 5.75 Å². The molecule has 1 aromatic rings. The van der Waals surface area contributed by atoms with Crippen molar-refractivity contribution in [3.05, 3.63) is 34.9 Å². The lowest BCUT2D eigenvalue weighted by Gasteiger charge is -2.17. The number of ether oxygens (including phenoxy) is 2. The number of aliphatic hydroxyl groups excluding tert-OH is 1. The van der Waals surface area contributed by atoms with E-state index in [1.165, 1.54) is 14.0 Å². The number of nitrogens with two attached hydrogens (primary N) is 1. The highest BCUT2D eigenvalue weighted by molar-refractivity contribution is 6.00. The summed E-state index contributed by atoms with van der Waals surface area (Å²) < 4.78 is 10.3. The van der Waals surface area contributed by atoms with E-state index < -0.39 is 5.97 Å². The lowest BCUT2D eigenvalue weighted by Crippen LogP contribution is -2.11. The number of methoxy groups -OCH3 is 1. The van der Waals surface area contributed by atoms with Crippen molar-refractivity contribution < 1.29 is 24.2 Å². The maximum atomic E-state index is 11.6. The van der Waals surface area contributed by atoms with Gasteiger partial charge in [-0.25, -0.2) is 4.79 Å². The zero-order chi connectivity index (χ0) is 17.6. The molecule has 0 aromatic heterocycles. The average Bonchev–Trinajstić information content (AvgIpc) is 2.50. The third-order valence-corrected chi connectivity index (χ3v) is 3.46. The standard InChI is InChI=1S/C17H23NO5/c1-10(2)17(21)23-7-5-6-12-14(9-19)16(18)13(11(3)20)8-15(12)22-4/h8,19H,1,5-7,9,18H2,2-4H3. The number of hydrogen-bond donors (Lipinski definition) is 2. The van der Waals surface area contributed by atoms with E-state index in [-0.39, 0.29) is 24.7 Å². The summed E-state index contributed by atoms with van der Waals surface area (Å²) in [6, 6.07) is 1.58. The Hall–Kier alpha value is -2.34. The van der Waals surface area contributed by atoms with Gasteiger partial charge in [-0.15, -0.1) is 0 Å². The van der Waals surface area contributed by atoms with Crippen LogP contribution in [0.4, 0.5) is 5.69 Å². The van der Waals surface area contributed by atoms with E-state index >= 15 is 0 Å². The van der Waals surface area contributed by atoms with Crippen LogP contribution in [0.25, 0.3) is 0 Å². The largest absolute Gasteiger partial charge is 0.496 e. The van der Waals surface area contributed by atoms with Crippen molar-refractivity contribution in [3.63, 3.8) is 0 Å². The van der Waals surface area contributed by atoms with Crippen molar-refractivity contribution >= 4 is 17.4 Å². The maximum Gasteiger partial charge on any atom is 0.333 e. The molecular weight excluding hydrogens is 298 g/mol. The van der Waals surface area contributed by atoms with Crippen LogP contribution in [-0.2, 0) is 22.6 Å². The van der Waals surface area contributed by atoms with Crippen LogP contribution in [0, 0.1) is 0 Å². The van der Waals surface area contributed by atoms with Crippen LogP contribution in [0.2, 0.25) is 0 Å². The van der Waals surface area contributed by atoms with Gasteiger partial charge in [0.05, 0.1) is 20.3 Å². The van der Waals surface area contributed by atoms with Gasteiger partial charge >= 0.3 is 5.97 Å². The van der Waals surface area contributed by atoms with E-state index in [1.54, 1.807) is 13.0 Å². The molecule has 0 unspecified atom stereocenters. The first-order valence-corrected chi connectivity index (χ1v) is 7.26. The molecule has 0 spiro atoms. The van der Waals surface area contributed by atoms with Gasteiger partial charge in [0.15, 0.2) is 5.78 Å². The summed E-state index contributed by atoms with van der Waals surface area (Å²) in [5.74, 6) is -0.150. The van der Waals surface area contributed by atoms with Gasteiger partial charge in [0, 0.05) is 28.0 Å². The molecule has 0 radical (unpaired) electrons. The Kier molecular flexibility index (Phi) is 6.78. The highest BCUT2D eigenvalue weighted by atomic mass is 16.5. The molecular formula is C17H23NO5. The Morgan fingerprint density at radius 2 is 1.96 bits per heavy atom. The van der Waals surface area contributed by atoms with Gasteiger partial charge in [0.2, 0.25) is 0 Å². The normalized spacial score (nSPS) is 10.3. The van der Waals surface area contributed by atoms with Crippen LogP contribution in [0.15, 0.2) is 18.2 Å². The number of benzene rings is 1. The zero-order valence-electron chi connectivity index (χ0n) is 13.8. The fourth-order valence-corrected chi connectivity index (χ4v) is 2.23. The molecule has 0 heterocycles. The van der Waals surface area contributed by atoms with Gasteiger partial charge in [0.1, 0.15) is 5.75 Å². The van der Waals surface area contributed by atoms with Gasteiger partial charge in [0.25, 0.3) is 0 Å². The van der Waals surface area contributed by atoms with Crippen LogP contribution in [0.3, 0.4) is 0 Å². The predicted molar refractivity (Wildman–Crippen MR) is 87.4 cm³/mol. The fraction of sp³-hybridized carbons (Fsp3) is 0.412. The number of aliphatic hydroxyl groups is 1. The first-order chi connectivity index (χ1) is 10.8. The van der Waals surface area contributed by atoms with E-state index in [1.807, 2.05) is 0 Å². The van der Waals surface area contributed by atoms with Gasteiger partial charge in [-0.3, -0.25) is 4.79 Å². The summed E-state index contributed by atoms with van der Waals surface area (Å²) in [5, 5.41) is 9.60. The first kappa shape index (κ1) is 18.7. The van der Waals surface area contributed by atoms with Crippen molar-refractivity contribution in [2.45, 2.75) is 33.3 Å². The molecule has 126 valence electrons. The molecule has 6 nitrogen and oxygen atoms in total. The molecule has 1 aromatic carbocycles. The third-order valence-electron chi connectivity index (χ3n) is 3.46. The summed E-state index contributed by atoms with van der Waals surface area (Å²) in [6.45, 7) is 6.41. The Morgan fingerprint density at radius 3 is 2.43 bits per heavy atom. The lowest BCUT2D eigenvalue weighted by atomic mass is 9.95. The molecule has 0 saturated heterocycles. The number of rotatable bonds is 8. The van der Waals surface area contributed by atoms with E-state index in [0.29, 0.717) is 40.9 Å². The monoisotopic (exact) mass is 321 g/mol. The number of anilines is 1. The highest BCUT2D eigenvalue weighted by Crippen LogP contribution is 2.32. The second-order valence-electron chi connectivity index (χ2n) is 5.23. The second-order valence-corrected chi connectivity index (χ2v) is 5.23. The smallest absolute Gasteiger partial charge is 0.333 e. The number of nitrogen functional groups attached to an aromatic ring is 1. The van der Waals surface area contributed by atoms with E-state index in [4.69, 9.17) is 15.2 Å². The number of carbonyl (C=O) groups is 2. The number of hydrogen-bond acceptors (Lipinski definition) is 6. The zero-order valence-corrected chi connectivity index (χ0v) is 13.8. The summed E-state index contributed by atoms with van der Waals surface area (Å²) in [4.78, 5) is 23.0. The topological polar surface area (TPSA) is 98.9 Å². The average molecular weight is 321 g/mol. The van der Waals surface area contributed by atoms with Gasteiger partial charge in [-0.1, -0.05) is 6.58 Å². The minimum atomic E-state index is -0.439. The molecule has 0 saturated carbocycles. The van der Waals surface area contributed by atoms with E-state index in [9.17, 15) is 14.7 Å². The molecule has 0 fully saturated rings. The van der Waals surface area contributed by atoms with E-state index in [0.717, 1.165) is 0 Å². The van der Waals surface area contributed by atoms with Crippen LogP contribution in [0.5, 0.6) is 5.75 Å². The molecule has 0 aliphatic rings. The van der Waals surface area contributed by atoms with Crippen molar-refractivity contribution in [1.29, 1.82) is 0 Å². The molecule has 3 N–H and O–H groups in total. The molecule has 6 heteroatoms. The van der Waals surface area contributed by atoms with Crippen LogP contribution >= 0.6 is 0 Å². The number of esters is 1. The fourth-order valence-electron chi connectivity index (χ4n) is 2.23. The summed E-state index contributed by atoms with van der Waals surface area (Å²) in [7, 11) is 1.49. The van der Waals surface area contributed by atoms with Crippen molar-refractivity contribution in [2.24, 2.45) is 0 Å². The minimum absolute atomic E-state index is 0.197. The van der Waals surface area contributed by atoms with Crippen LogP contribution in [-0.4, -0.2) is 30.6 Å². The number of ketones is 1. The molecule has 0 amide bonds. The molecule has 1 rings (SSSR count). The van der Waals surface area contributed by atoms with Gasteiger partial charge in [-0.2, -0.15) is 0 Å². The SMILES string of the molecule is C=C(C)C(=O)OCCCc1c(OC)cc(C(C)=O)c(N)c1CO. The molecule has 23 heavy (non-hydrogen) atoms. The molecule has 0 atom stereocenters. The van der Waals surface area contributed by atoms with Gasteiger partial charge in [-0.05, 0) is 32.8 Å². The molecule has 0 bridgehead atoms. The second kappa shape index (κ2) is 8.33. The highest BCUT2D eigenvalue weighted by Gasteiger charge is 2.18. The Balaban J connectivity index is 2.97. The first-order valence-electron chi connectivity index (χ1n) is 7.26. The van der Waals surface area contributed by atoms with Gasteiger partial charge < -0.3 is 20.3 Å². The van der Waals surface area contributed by atoms with E-state index in [2.05, 4.69) is 6.58 Å². The number of carbonyl (C=O) groups excluding carboxylic acids is 2. The molecule has 0 aliphatic heterocycles.